The molecule has 2 aromatic heterocycles. The molecule has 0 N–H and O–H groups in total. The summed E-state index contributed by atoms with van der Waals surface area (Å²) in [7, 11) is 0. The Morgan fingerprint density at radius 3 is 2.90 bits per heavy atom. The van der Waals surface area contributed by atoms with E-state index in [0.717, 1.165) is 36.7 Å². The van der Waals surface area contributed by atoms with Gasteiger partial charge in [0.05, 0.1) is 0 Å². The Morgan fingerprint density at radius 1 is 1.43 bits per heavy atom. The molecule has 0 aromatic carbocycles. The quantitative estimate of drug-likeness (QED) is 0.859. The Labute approximate surface area is 128 Å². The van der Waals surface area contributed by atoms with Gasteiger partial charge in [0.15, 0.2) is 0 Å². The zero-order valence-electron chi connectivity index (χ0n) is 12.0. The summed E-state index contributed by atoms with van der Waals surface area (Å²) in [6.45, 7) is 4.12. The van der Waals surface area contributed by atoms with Gasteiger partial charge in [-0.3, -0.25) is 0 Å². The lowest BCUT2D eigenvalue weighted by atomic mass is 9.99. The third-order valence-corrected chi connectivity index (χ3v) is 4.57. The van der Waals surface area contributed by atoms with Crippen molar-refractivity contribution in [1.29, 1.82) is 5.26 Å². The van der Waals surface area contributed by atoms with Crippen LogP contribution < -0.4 is 4.90 Å². The third kappa shape index (κ3) is 3.17. The predicted molar refractivity (Wildman–Crippen MR) is 85.1 cm³/mol. The maximum absolute atomic E-state index is 9.25. The molecule has 21 heavy (non-hydrogen) atoms. The highest BCUT2D eigenvalue weighted by atomic mass is 32.1. The minimum Gasteiger partial charge on any atom is -0.420 e. The second-order valence-corrected chi connectivity index (χ2v) is 6.32. The molecule has 0 bridgehead atoms. The first-order chi connectivity index (χ1) is 10.3. The number of thiophene rings is 1. The van der Waals surface area contributed by atoms with Gasteiger partial charge in [0, 0.05) is 24.0 Å². The average Bonchev–Trinajstić information content (AvgIpc) is 3.15. The zero-order chi connectivity index (χ0) is 14.7. The molecule has 2 aromatic rings. The van der Waals surface area contributed by atoms with E-state index in [9.17, 15) is 5.26 Å². The molecule has 3 heterocycles. The fourth-order valence-electron chi connectivity index (χ4n) is 2.44. The molecule has 1 saturated heterocycles. The van der Waals surface area contributed by atoms with Crippen molar-refractivity contribution in [3.63, 3.8) is 0 Å². The lowest BCUT2D eigenvalue weighted by Crippen LogP contribution is -2.32. The van der Waals surface area contributed by atoms with Crippen LogP contribution in [0.1, 0.15) is 36.2 Å². The topological polar surface area (TPSA) is 53.1 Å². The van der Waals surface area contributed by atoms with Crippen LogP contribution in [-0.2, 0) is 0 Å². The van der Waals surface area contributed by atoms with Crippen LogP contribution >= 0.6 is 11.3 Å². The van der Waals surface area contributed by atoms with Crippen LogP contribution in [0.2, 0.25) is 0 Å². The second-order valence-electron chi connectivity index (χ2n) is 5.34. The van der Waals surface area contributed by atoms with Gasteiger partial charge in [0.1, 0.15) is 6.07 Å². The number of anilines is 1. The summed E-state index contributed by atoms with van der Waals surface area (Å²) < 4.78 is 5.79. The van der Waals surface area contributed by atoms with Crippen molar-refractivity contribution in [3.05, 3.63) is 34.0 Å². The van der Waals surface area contributed by atoms with Gasteiger partial charge in [-0.05, 0) is 36.3 Å². The number of piperidine rings is 1. The van der Waals surface area contributed by atoms with Gasteiger partial charge in [-0.25, -0.2) is 0 Å². The van der Waals surface area contributed by atoms with Crippen LogP contribution in [0.25, 0.3) is 12.2 Å². The maximum Gasteiger partial charge on any atom is 0.235 e. The summed E-state index contributed by atoms with van der Waals surface area (Å²) in [5.41, 5.74) is 0.385. The van der Waals surface area contributed by atoms with Crippen molar-refractivity contribution in [2.24, 2.45) is 5.92 Å². The highest BCUT2D eigenvalue weighted by molar-refractivity contribution is 7.10. The van der Waals surface area contributed by atoms with Crippen molar-refractivity contribution in [3.8, 4) is 6.07 Å². The fraction of sp³-hybridized carbons (Fsp3) is 0.375. The van der Waals surface area contributed by atoms with Crippen molar-refractivity contribution in [1.82, 2.24) is 4.98 Å². The molecule has 0 radical (unpaired) electrons. The maximum atomic E-state index is 9.25. The van der Waals surface area contributed by atoms with E-state index in [2.05, 4.69) is 22.9 Å². The van der Waals surface area contributed by atoms with Crippen LogP contribution in [0.15, 0.2) is 21.9 Å². The van der Waals surface area contributed by atoms with Gasteiger partial charge in [-0.2, -0.15) is 10.2 Å². The Balaban J connectivity index is 1.80. The van der Waals surface area contributed by atoms with Crippen molar-refractivity contribution < 1.29 is 4.42 Å². The van der Waals surface area contributed by atoms with Crippen LogP contribution in [-0.4, -0.2) is 18.1 Å². The molecule has 1 aliphatic rings. The van der Waals surface area contributed by atoms with Gasteiger partial charge >= 0.3 is 0 Å². The Hall–Kier alpha value is -2.06. The molecule has 4 nitrogen and oxygen atoms in total. The molecule has 0 unspecified atom stereocenters. The lowest BCUT2D eigenvalue weighted by molar-refractivity contribution is 0.415. The van der Waals surface area contributed by atoms with Crippen LogP contribution in [0.5, 0.6) is 0 Å². The number of aromatic nitrogens is 1. The van der Waals surface area contributed by atoms with Gasteiger partial charge in [0.2, 0.25) is 17.5 Å². The van der Waals surface area contributed by atoms with Gasteiger partial charge in [-0.1, -0.05) is 13.0 Å². The Kier molecular flexibility index (Phi) is 4.07. The smallest absolute Gasteiger partial charge is 0.235 e. The van der Waals surface area contributed by atoms with Gasteiger partial charge in [-0.15, -0.1) is 11.3 Å². The molecule has 5 heteroatoms. The fourth-order valence-corrected chi connectivity index (χ4v) is 3.06. The highest BCUT2D eigenvalue weighted by Gasteiger charge is 2.22. The summed E-state index contributed by atoms with van der Waals surface area (Å²) in [4.78, 5) is 7.54. The van der Waals surface area contributed by atoms with Crippen molar-refractivity contribution >= 4 is 29.4 Å². The SMILES string of the molecule is CC1CCN(c2oc(C=Cc3cccs3)nc2C#N)CC1. The monoisotopic (exact) mass is 299 g/mol. The van der Waals surface area contributed by atoms with Gasteiger partial charge < -0.3 is 9.32 Å². The first kappa shape index (κ1) is 13.9. The first-order valence-corrected chi connectivity index (χ1v) is 8.01. The summed E-state index contributed by atoms with van der Waals surface area (Å²) in [6, 6.07) is 6.17. The molecule has 108 valence electrons. The summed E-state index contributed by atoms with van der Waals surface area (Å²) >= 11 is 1.66. The Morgan fingerprint density at radius 2 is 2.24 bits per heavy atom. The zero-order valence-corrected chi connectivity index (χ0v) is 12.8. The molecule has 3 rings (SSSR count). The summed E-state index contributed by atoms with van der Waals surface area (Å²) in [5, 5.41) is 11.3. The molecule has 0 spiro atoms. The lowest BCUT2D eigenvalue weighted by Gasteiger charge is -2.29. The van der Waals surface area contributed by atoms with Crippen LogP contribution in [0.3, 0.4) is 0 Å². The molecular formula is C16H17N3OS. The highest BCUT2D eigenvalue weighted by Crippen LogP contribution is 2.27. The Bertz CT molecular complexity index is 658. The van der Waals surface area contributed by atoms with Crippen molar-refractivity contribution in [2.75, 3.05) is 18.0 Å². The average molecular weight is 299 g/mol. The molecule has 1 aliphatic heterocycles. The number of nitriles is 1. The summed E-state index contributed by atoms with van der Waals surface area (Å²) in [6.07, 6.45) is 6.04. The largest absolute Gasteiger partial charge is 0.420 e. The molecule has 1 fully saturated rings. The number of oxazole rings is 1. The third-order valence-electron chi connectivity index (χ3n) is 3.74. The van der Waals surface area contributed by atoms with E-state index >= 15 is 0 Å². The molecule has 0 amide bonds. The summed E-state index contributed by atoms with van der Waals surface area (Å²) in [5.74, 6) is 1.86. The van der Waals surface area contributed by atoms with E-state index in [1.807, 2.05) is 29.7 Å². The number of hydrogen-bond acceptors (Lipinski definition) is 5. The van der Waals surface area contributed by atoms with E-state index in [1.54, 1.807) is 11.3 Å². The second kappa shape index (κ2) is 6.15. The number of rotatable bonds is 3. The standard InChI is InChI=1S/C16H17N3OS/c1-12-6-8-19(9-7-12)16-14(11-17)18-15(20-16)5-4-13-3-2-10-21-13/h2-5,10,12H,6-9H2,1H3. The predicted octanol–water partition coefficient (Wildman–Crippen LogP) is 4.01. The van der Waals surface area contributed by atoms with E-state index in [4.69, 9.17) is 4.42 Å². The van der Waals surface area contributed by atoms with Crippen LogP contribution in [0.4, 0.5) is 5.88 Å². The molecule has 0 aliphatic carbocycles. The van der Waals surface area contributed by atoms with Crippen LogP contribution in [0, 0.1) is 17.2 Å². The van der Waals surface area contributed by atoms with Gasteiger partial charge in [0.25, 0.3) is 0 Å². The van der Waals surface area contributed by atoms with E-state index in [1.165, 1.54) is 0 Å². The molecule has 0 saturated carbocycles. The normalized spacial score (nSPS) is 16.5. The first-order valence-electron chi connectivity index (χ1n) is 7.13. The van der Waals surface area contributed by atoms with E-state index < -0.39 is 0 Å². The van der Waals surface area contributed by atoms with Crippen molar-refractivity contribution in [2.45, 2.75) is 19.8 Å². The number of hydrogen-bond donors (Lipinski definition) is 0. The minimum atomic E-state index is 0.385. The van der Waals surface area contributed by atoms with E-state index in [0.29, 0.717) is 17.5 Å². The molecular weight excluding hydrogens is 282 g/mol. The minimum absolute atomic E-state index is 0.385. The van der Waals surface area contributed by atoms with E-state index in [-0.39, 0.29) is 0 Å². The molecule has 0 atom stereocenters. The number of nitrogens with zero attached hydrogens (tertiary/aromatic N) is 3.